The average Bonchev–Trinajstić information content (AvgIpc) is 4.01. The molecule has 0 aliphatic carbocycles. The Morgan fingerprint density at radius 1 is 0.429 bits per heavy atom. The number of rotatable bonds is 11. The van der Waals surface area contributed by atoms with E-state index in [9.17, 15) is 0 Å². The van der Waals surface area contributed by atoms with Gasteiger partial charge in [0.25, 0.3) is 0 Å². The number of furan rings is 2. The van der Waals surface area contributed by atoms with E-state index in [2.05, 4.69) is 170 Å². The van der Waals surface area contributed by atoms with Gasteiger partial charge in [0.15, 0.2) is 17.5 Å². The first-order valence-electron chi connectivity index (χ1n) is 23.5. The summed E-state index contributed by atoms with van der Waals surface area (Å²) in [6.07, 6.45) is 6.05. The van der Waals surface area contributed by atoms with Crippen molar-refractivity contribution in [2.75, 3.05) is 0 Å². The van der Waals surface area contributed by atoms with Gasteiger partial charge in [-0.2, -0.15) is 0 Å². The molecule has 332 valence electrons. The second kappa shape index (κ2) is 17.8. The molecule has 0 bridgehead atoms. The molecule has 12 aromatic rings. The molecule has 5 nitrogen and oxygen atoms in total. The lowest BCUT2D eigenvalue weighted by Crippen LogP contribution is -2.30. The quantitative estimate of drug-likeness (QED) is 0.0956. The van der Waals surface area contributed by atoms with Crippen molar-refractivity contribution >= 4 is 55.0 Å². The molecule has 0 aliphatic heterocycles. The van der Waals surface area contributed by atoms with Crippen LogP contribution in [0.2, 0.25) is 0 Å². The monoisotopic (exact) mass is 899 g/mol. The van der Waals surface area contributed by atoms with Crippen molar-refractivity contribution < 1.29 is 8.83 Å². The molecule has 0 spiro atoms. The van der Waals surface area contributed by atoms with Crippen LogP contribution in [0.3, 0.4) is 0 Å². The van der Waals surface area contributed by atoms with Crippen LogP contribution >= 0.6 is 0 Å². The largest absolute Gasteiger partial charge is 0.456 e. The van der Waals surface area contributed by atoms with E-state index in [0.717, 1.165) is 82.8 Å². The summed E-state index contributed by atoms with van der Waals surface area (Å²) in [5, 5.41) is 4.05. The number of allylic oxidation sites excluding steroid dienone is 5. The highest BCUT2D eigenvalue weighted by molar-refractivity contribution is 6.13. The Hall–Kier alpha value is -9.19. The Morgan fingerprint density at radius 2 is 0.957 bits per heavy atom. The lowest BCUT2D eigenvalue weighted by atomic mass is 9.65. The van der Waals surface area contributed by atoms with Gasteiger partial charge in [0.2, 0.25) is 0 Å². The number of aromatic nitrogens is 3. The maximum absolute atomic E-state index is 6.54. The summed E-state index contributed by atoms with van der Waals surface area (Å²) >= 11 is 0. The van der Waals surface area contributed by atoms with E-state index in [-0.39, 0.29) is 0 Å². The molecule has 3 aromatic heterocycles. The van der Waals surface area contributed by atoms with Crippen molar-refractivity contribution in [3.05, 3.63) is 283 Å². The molecule has 0 saturated heterocycles. The number of hydrogen-bond donors (Lipinski definition) is 0. The Morgan fingerprint density at radius 3 is 1.61 bits per heavy atom. The lowest BCUT2D eigenvalue weighted by Gasteiger charge is -2.37. The molecule has 0 aliphatic rings. The maximum atomic E-state index is 6.54. The van der Waals surface area contributed by atoms with Crippen LogP contribution in [0.25, 0.3) is 88.9 Å². The standard InChI is InChI=1S/C65H45N3O2/c1-3-44(35-34-43(2)62-66-63(46-20-8-4-9-21-46)68-64(67-62)54-30-19-33-59-61(54)53-28-16-17-31-56(53)69-59)52-29-18-32-58-60(52)55-42-47(38-41-57(55)70-58)45-36-39-51(40-37-45)65(48-22-10-5-11-23-48,49-24-12-6-13-25-49)50-26-14-7-15-27-50/h3-42H,1H2,2H3/b43-34+,44-35+. The first kappa shape index (κ1) is 42.2. The molecular formula is C65H45N3O2. The third-order valence-corrected chi connectivity index (χ3v) is 13.5. The van der Waals surface area contributed by atoms with Gasteiger partial charge in [-0.1, -0.05) is 219 Å². The van der Waals surface area contributed by atoms with Gasteiger partial charge in [-0.15, -0.1) is 0 Å². The molecule has 5 heteroatoms. The average molecular weight is 900 g/mol. The van der Waals surface area contributed by atoms with Crippen molar-refractivity contribution in [3.8, 4) is 33.9 Å². The van der Waals surface area contributed by atoms with Gasteiger partial charge in [-0.05, 0) is 87.3 Å². The number of hydrogen-bond acceptors (Lipinski definition) is 5. The highest BCUT2D eigenvalue weighted by Gasteiger charge is 2.38. The zero-order valence-corrected chi connectivity index (χ0v) is 38.5. The molecule has 70 heavy (non-hydrogen) atoms. The van der Waals surface area contributed by atoms with Gasteiger partial charge < -0.3 is 8.83 Å². The topological polar surface area (TPSA) is 65.0 Å². The summed E-state index contributed by atoms with van der Waals surface area (Å²) in [5.74, 6) is 1.74. The minimum atomic E-state index is -0.525. The van der Waals surface area contributed by atoms with E-state index >= 15 is 0 Å². The number of benzene rings is 9. The summed E-state index contributed by atoms with van der Waals surface area (Å²) in [5.41, 5.74) is 14.3. The second-order valence-corrected chi connectivity index (χ2v) is 17.5. The van der Waals surface area contributed by atoms with Crippen LogP contribution in [0.5, 0.6) is 0 Å². The molecule has 12 rings (SSSR count). The van der Waals surface area contributed by atoms with Crippen LogP contribution in [0, 0.1) is 0 Å². The molecule has 0 amide bonds. The van der Waals surface area contributed by atoms with Gasteiger partial charge >= 0.3 is 0 Å². The minimum Gasteiger partial charge on any atom is -0.456 e. The fourth-order valence-corrected chi connectivity index (χ4v) is 10.1. The molecule has 0 atom stereocenters. The van der Waals surface area contributed by atoms with E-state index in [1.165, 1.54) is 22.3 Å². The maximum Gasteiger partial charge on any atom is 0.164 e. The molecule has 0 unspecified atom stereocenters. The molecule has 0 saturated carbocycles. The number of nitrogens with zero attached hydrogens (tertiary/aromatic N) is 3. The van der Waals surface area contributed by atoms with Crippen molar-refractivity contribution in [2.24, 2.45) is 0 Å². The number of para-hydroxylation sites is 1. The third kappa shape index (κ3) is 7.32. The Labute approximate surface area is 406 Å². The summed E-state index contributed by atoms with van der Waals surface area (Å²) in [4.78, 5) is 15.2. The van der Waals surface area contributed by atoms with Crippen molar-refractivity contribution in [1.82, 2.24) is 15.0 Å². The highest BCUT2D eigenvalue weighted by atomic mass is 16.3. The molecule has 3 heterocycles. The minimum absolute atomic E-state index is 0.525. The predicted molar refractivity (Wildman–Crippen MR) is 287 cm³/mol. The predicted octanol–water partition coefficient (Wildman–Crippen LogP) is 16.7. The van der Waals surface area contributed by atoms with Crippen LogP contribution in [0.1, 0.15) is 40.6 Å². The van der Waals surface area contributed by atoms with Gasteiger partial charge in [0.05, 0.1) is 5.41 Å². The summed E-state index contributed by atoms with van der Waals surface area (Å²) in [6, 6.07) is 78.4. The fourth-order valence-electron chi connectivity index (χ4n) is 10.1. The summed E-state index contributed by atoms with van der Waals surface area (Å²) in [7, 11) is 0. The summed E-state index contributed by atoms with van der Waals surface area (Å²) < 4.78 is 12.8. The van der Waals surface area contributed by atoms with Crippen molar-refractivity contribution in [3.63, 3.8) is 0 Å². The normalized spacial score (nSPS) is 12.3. The molecule has 0 radical (unpaired) electrons. The lowest BCUT2D eigenvalue weighted by molar-refractivity contribution is 0.668. The van der Waals surface area contributed by atoms with E-state index in [1.54, 1.807) is 0 Å². The number of fused-ring (bicyclic) bond motifs is 6. The zero-order valence-electron chi connectivity index (χ0n) is 38.5. The van der Waals surface area contributed by atoms with Crippen molar-refractivity contribution in [1.29, 1.82) is 0 Å². The van der Waals surface area contributed by atoms with Crippen LogP contribution in [0.4, 0.5) is 0 Å². The second-order valence-electron chi connectivity index (χ2n) is 17.5. The summed E-state index contributed by atoms with van der Waals surface area (Å²) in [6.45, 7) is 6.33. The highest BCUT2D eigenvalue weighted by Crippen LogP contribution is 2.46. The van der Waals surface area contributed by atoms with Crippen LogP contribution in [-0.2, 0) is 5.41 Å². The SMILES string of the molecule is C=C/C(=C\C=C(/C)c1nc(-c2ccccc2)nc(-c2cccc3oc4ccccc4c23)n1)c1cccc2oc3ccc(-c4ccc(C(c5ccccc5)(c5ccccc5)c5ccccc5)cc4)cc3c12. The zero-order chi connectivity index (χ0) is 47.0. The fraction of sp³-hybridized carbons (Fsp3) is 0.0308. The van der Waals surface area contributed by atoms with Gasteiger partial charge in [-0.3, -0.25) is 0 Å². The van der Waals surface area contributed by atoms with Gasteiger partial charge in [0, 0.05) is 32.7 Å². The molecular weight excluding hydrogens is 855 g/mol. The van der Waals surface area contributed by atoms with E-state index in [0.29, 0.717) is 17.5 Å². The van der Waals surface area contributed by atoms with E-state index in [1.807, 2.05) is 85.8 Å². The first-order valence-corrected chi connectivity index (χ1v) is 23.5. The first-order chi connectivity index (χ1) is 34.6. The smallest absolute Gasteiger partial charge is 0.164 e. The Bertz CT molecular complexity index is 3850. The van der Waals surface area contributed by atoms with E-state index in [4.69, 9.17) is 23.8 Å². The molecule has 0 N–H and O–H groups in total. The van der Waals surface area contributed by atoms with Gasteiger partial charge in [-0.25, -0.2) is 15.0 Å². The van der Waals surface area contributed by atoms with Crippen LogP contribution in [0.15, 0.2) is 258 Å². The van der Waals surface area contributed by atoms with Crippen LogP contribution < -0.4 is 0 Å². The molecule has 0 fully saturated rings. The molecule has 9 aromatic carbocycles. The third-order valence-electron chi connectivity index (χ3n) is 13.5. The Balaban J connectivity index is 0.936. The van der Waals surface area contributed by atoms with Crippen LogP contribution in [-0.4, -0.2) is 15.0 Å². The van der Waals surface area contributed by atoms with Crippen molar-refractivity contribution in [2.45, 2.75) is 12.3 Å². The van der Waals surface area contributed by atoms with E-state index < -0.39 is 5.41 Å². The van der Waals surface area contributed by atoms with Gasteiger partial charge in [0.1, 0.15) is 22.3 Å². The Kier molecular flexibility index (Phi) is 10.7.